The van der Waals surface area contributed by atoms with Gasteiger partial charge < -0.3 is 5.32 Å². The van der Waals surface area contributed by atoms with E-state index in [0.29, 0.717) is 5.56 Å². The van der Waals surface area contributed by atoms with Crippen LogP contribution in [0.4, 0.5) is 4.39 Å². The maximum Gasteiger partial charge on any atom is 0.224 e. The molecule has 0 fully saturated rings. The van der Waals surface area contributed by atoms with Gasteiger partial charge in [0.1, 0.15) is 5.82 Å². The Morgan fingerprint density at radius 2 is 2.00 bits per heavy atom. The van der Waals surface area contributed by atoms with Gasteiger partial charge in [-0.25, -0.2) is 12.8 Å². The van der Waals surface area contributed by atoms with E-state index in [-0.39, 0.29) is 32.0 Å². The van der Waals surface area contributed by atoms with Crippen molar-refractivity contribution in [3.63, 3.8) is 0 Å². The first-order chi connectivity index (χ1) is 11.8. The zero-order chi connectivity index (χ0) is 18.3. The monoisotopic (exact) mass is 365 g/mol. The van der Waals surface area contributed by atoms with Crippen LogP contribution in [-0.4, -0.2) is 43.0 Å². The number of halogens is 1. The van der Waals surface area contributed by atoms with E-state index in [1.807, 2.05) is 0 Å². The van der Waals surface area contributed by atoms with E-state index in [1.165, 1.54) is 22.5 Å². The maximum absolute atomic E-state index is 13.1. The third-order valence-corrected chi connectivity index (χ3v) is 4.74. The number of amides is 1. The molecule has 0 atom stereocenters. The van der Waals surface area contributed by atoms with Gasteiger partial charge in [0.15, 0.2) is 0 Å². The molecule has 0 aliphatic carbocycles. The number of rotatable bonds is 8. The molecule has 0 saturated carbocycles. The van der Waals surface area contributed by atoms with Crippen LogP contribution in [0.25, 0.3) is 0 Å². The molecule has 2 rings (SSSR count). The minimum absolute atomic E-state index is 0.0409. The van der Waals surface area contributed by atoms with Crippen molar-refractivity contribution in [2.45, 2.75) is 13.0 Å². The normalized spacial score (nSPS) is 11.5. The van der Waals surface area contributed by atoms with Gasteiger partial charge in [-0.15, -0.1) is 0 Å². The van der Waals surface area contributed by atoms with E-state index in [0.717, 1.165) is 11.8 Å². The molecule has 0 saturated heterocycles. The first kappa shape index (κ1) is 19.0. The summed E-state index contributed by atoms with van der Waals surface area (Å²) in [4.78, 5) is 15.9. The van der Waals surface area contributed by atoms with Gasteiger partial charge in [0.2, 0.25) is 15.9 Å². The Hall–Kier alpha value is -2.32. The smallest absolute Gasteiger partial charge is 0.224 e. The summed E-state index contributed by atoms with van der Waals surface area (Å²) in [5.74, 6) is -0.689. The van der Waals surface area contributed by atoms with E-state index in [2.05, 4.69) is 10.3 Å². The highest BCUT2D eigenvalue weighted by Crippen LogP contribution is 2.07. The van der Waals surface area contributed by atoms with E-state index in [1.54, 1.807) is 30.6 Å². The molecule has 1 amide bonds. The molecule has 0 bridgehead atoms. The number of hydrogen-bond acceptors (Lipinski definition) is 4. The Morgan fingerprint density at radius 3 is 2.64 bits per heavy atom. The molecule has 2 aromatic rings. The van der Waals surface area contributed by atoms with Crippen LogP contribution in [-0.2, 0) is 27.8 Å². The number of benzene rings is 1. The largest absolute Gasteiger partial charge is 0.354 e. The molecular formula is C17H20FN3O3S. The van der Waals surface area contributed by atoms with Crippen LogP contribution in [0.15, 0.2) is 48.8 Å². The average Bonchev–Trinajstić information content (AvgIpc) is 2.54. The zero-order valence-electron chi connectivity index (χ0n) is 13.9. The lowest BCUT2D eigenvalue weighted by atomic mass is 10.1. The summed E-state index contributed by atoms with van der Waals surface area (Å²) in [6.07, 6.45) is 4.37. The fourth-order valence-electron chi connectivity index (χ4n) is 2.27. The summed E-state index contributed by atoms with van der Waals surface area (Å²) >= 11 is 0. The Morgan fingerprint density at radius 1 is 1.24 bits per heavy atom. The van der Waals surface area contributed by atoms with Crippen molar-refractivity contribution in [2.75, 3.05) is 19.3 Å². The highest BCUT2D eigenvalue weighted by Gasteiger charge is 2.17. The second-order valence-electron chi connectivity index (χ2n) is 5.61. The van der Waals surface area contributed by atoms with Crippen LogP contribution < -0.4 is 5.32 Å². The van der Waals surface area contributed by atoms with Crippen LogP contribution in [0.3, 0.4) is 0 Å². The van der Waals surface area contributed by atoms with Crippen molar-refractivity contribution in [3.8, 4) is 0 Å². The topological polar surface area (TPSA) is 79.4 Å². The Labute approximate surface area is 146 Å². The van der Waals surface area contributed by atoms with Crippen molar-refractivity contribution in [2.24, 2.45) is 0 Å². The van der Waals surface area contributed by atoms with Crippen LogP contribution in [0.2, 0.25) is 0 Å². The summed E-state index contributed by atoms with van der Waals surface area (Å²) in [6, 6.07) is 9.32. The highest BCUT2D eigenvalue weighted by atomic mass is 32.2. The molecule has 0 unspecified atom stereocenters. The molecule has 0 spiro atoms. The highest BCUT2D eigenvalue weighted by molar-refractivity contribution is 7.88. The third kappa shape index (κ3) is 6.60. The van der Waals surface area contributed by atoms with Crippen LogP contribution in [0, 0.1) is 5.82 Å². The van der Waals surface area contributed by atoms with Crippen molar-refractivity contribution < 1.29 is 17.6 Å². The standard InChI is InChI=1S/C17H20FN3O3S/c1-25(23,24)21(13-15-5-3-7-19-12-15)9-8-20-17(22)11-14-4-2-6-16(18)10-14/h2-7,10,12H,8-9,11,13H2,1H3,(H,20,22). The van der Waals surface area contributed by atoms with Crippen molar-refractivity contribution in [3.05, 3.63) is 65.7 Å². The van der Waals surface area contributed by atoms with Crippen LogP contribution in [0.5, 0.6) is 0 Å². The summed E-state index contributed by atoms with van der Waals surface area (Å²) in [5, 5.41) is 2.66. The second kappa shape index (κ2) is 8.68. The van der Waals surface area contributed by atoms with Gasteiger partial charge in [0.05, 0.1) is 12.7 Å². The summed E-state index contributed by atoms with van der Waals surface area (Å²) in [6.45, 7) is 0.497. The number of pyridine rings is 1. The van der Waals surface area contributed by atoms with E-state index >= 15 is 0 Å². The number of aromatic nitrogens is 1. The molecule has 1 aromatic carbocycles. The molecule has 0 radical (unpaired) electrons. The lowest BCUT2D eigenvalue weighted by Crippen LogP contribution is -2.38. The zero-order valence-corrected chi connectivity index (χ0v) is 14.7. The average molecular weight is 365 g/mol. The third-order valence-electron chi connectivity index (χ3n) is 3.49. The number of nitrogens with zero attached hydrogens (tertiary/aromatic N) is 2. The Balaban J connectivity index is 1.87. The number of hydrogen-bond donors (Lipinski definition) is 1. The molecule has 0 aliphatic heterocycles. The van der Waals surface area contributed by atoms with E-state index < -0.39 is 15.8 Å². The first-order valence-electron chi connectivity index (χ1n) is 7.70. The quantitative estimate of drug-likeness (QED) is 0.766. The minimum atomic E-state index is -3.42. The summed E-state index contributed by atoms with van der Waals surface area (Å²) in [5.41, 5.74) is 1.33. The minimum Gasteiger partial charge on any atom is -0.354 e. The lowest BCUT2D eigenvalue weighted by Gasteiger charge is -2.20. The molecular weight excluding hydrogens is 345 g/mol. The van der Waals surface area contributed by atoms with Gasteiger partial charge in [-0.1, -0.05) is 18.2 Å². The number of carbonyl (C=O) groups excluding carboxylic acids is 1. The molecule has 8 heteroatoms. The second-order valence-corrected chi connectivity index (χ2v) is 7.60. The molecule has 1 N–H and O–H groups in total. The lowest BCUT2D eigenvalue weighted by molar-refractivity contribution is -0.120. The number of nitrogens with one attached hydrogen (secondary N) is 1. The molecule has 25 heavy (non-hydrogen) atoms. The summed E-state index contributed by atoms with van der Waals surface area (Å²) < 4.78 is 38.2. The fraction of sp³-hybridized carbons (Fsp3) is 0.294. The van der Waals surface area contributed by atoms with Gasteiger partial charge in [0.25, 0.3) is 0 Å². The van der Waals surface area contributed by atoms with Crippen molar-refractivity contribution >= 4 is 15.9 Å². The summed E-state index contributed by atoms with van der Waals surface area (Å²) in [7, 11) is -3.42. The number of sulfonamides is 1. The van der Waals surface area contributed by atoms with Crippen LogP contribution in [0.1, 0.15) is 11.1 Å². The molecule has 6 nitrogen and oxygen atoms in total. The number of carbonyl (C=O) groups is 1. The molecule has 1 heterocycles. The Bertz CT molecular complexity index is 813. The van der Waals surface area contributed by atoms with E-state index in [9.17, 15) is 17.6 Å². The van der Waals surface area contributed by atoms with Crippen LogP contribution >= 0.6 is 0 Å². The van der Waals surface area contributed by atoms with Gasteiger partial charge in [-0.05, 0) is 29.3 Å². The van der Waals surface area contributed by atoms with Crippen molar-refractivity contribution in [1.82, 2.24) is 14.6 Å². The van der Waals surface area contributed by atoms with E-state index in [4.69, 9.17) is 0 Å². The molecule has 134 valence electrons. The predicted octanol–water partition coefficient (Wildman–Crippen LogP) is 1.34. The van der Waals surface area contributed by atoms with Gasteiger partial charge in [-0.2, -0.15) is 4.31 Å². The molecule has 0 aliphatic rings. The van der Waals surface area contributed by atoms with Gasteiger partial charge >= 0.3 is 0 Å². The van der Waals surface area contributed by atoms with Gasteiger partial charge in [0, 0.05) is 32.0 Å². The van der Waals surface area contributed by atoms with Gasteiger partial charge in [-0.3, -0.25) is 9.78 Å². The SMILES string of the molecule is CS(=O)(=O)N(CCNC(=O)Cc1cccc(F)c1)Cc1cccnc1. The predicted molar refractivity (Wildman–Crippen MR) is 92.6 cm³/mol. The molecule has 1 aromatic heterocycles. The maximum atomic E-state index is 13.1. The van der Waals surface area contributed by atoms with Crippen molar-refractivity contribution in [1.29, 1.82) is 0 Å². The fourth-order valence-corrected chi connectivity index (χ4v) is 3.08. The Kier molecular flexibility index (Phi) is 6.60. The first-order valence-corrected chi connectivity index (χ1v) is 9.54.